The van der Waals surface area contributed by atoms with Gasteiger partial charge in [0.1, 0.15) is 0 Å². The zero-order valence-corrected chi connectivity index (χ0v) is 14.3. The minimum Gasteiger partial charge on any atom is -0.268 e. The van der Waals surface area contributed by atoms with E-state index in [-0.39, 0.29) is 5.56 Å². The number of rotatable bonds is 4. The Kier molecular flexibility index (Phi) is 4.76. The number of aromatic nitrogens is 2. The molecule has 2 aromatic carbocycles. The maximum atomic E-state index is 13.0. The maximum absolute atomic E-state index is 13.0. The molecule has 0 atom stereocenters. The second-order valence-electron chi connectivity index (χ2n) is 4.75. The van der Waals surface area contributed by atoms with Crippen LogP contribution >= 0.6 is 35.0 Å². The fraction of sp³-hybridized carbons (Fsp3) is 0.0588. The zero-order chi connectivity index (χ0) is 16.4. The van der Waals surface area contributed by atoms with Crippen LogP contribution in [0.5, 0.6) is 0 Å². The summed E-state index contributed by atoms with van der Waals surface area (Å²) in [6.07, 6.45) is 1.76. The van der Waals surface area contributed by atoms with Crippen LogP contribution in [0.3, 0.4) is 0 Å². The highest BCUT2D eigenvalue weighted by atomic mass is 35.5. The molecule has 116 valence electrons. The molecule has 1 heterocycles. The minimum absolute atomic E-state index is 0.175. The lowest BCUT2D eigenvalue weighted by molar-refractivity contribution is 0.821. The summed E-state index contributed by atoms with van der Waals surface area (Å²) in [4.78, 5) is 17.6. The van der Waals surface area contributed by atoms with E-state index in [0.29, 0.717) is 37.5 Å². The summed E-state index contributed by atoms with van der Waals surface area (Å²) in [5.41, 5.74) is 0.999. The molecular weight excluding hydrogens is 351 g/mol. The fourth-order valence-electron chi connectivity index (χ4n) is 2.21. The molecule has 0 amide bonds. The Hall–Kier alpha value is -1.75. The van der Waals surface area contributed by atoms with Crippen LogP contribution in [0.1, 0.15) is 0 Å². The van der Waals surface area contributed by atoms with Gasteiger partial charge in [-0.05, 0) is 30.3 Å². The van der Waals surface area contributed by atoms with Gasteiger partial charge in [-0.2, -0.15) is 0 Å². The van der Waals surface area contributed by atoms with Crippen molar-refractivity contribution in [3.63, 3.8) is 0 Å². The van der Waals surface area contributed by atoms with Crippen molar-refractivity contribution in [2.24, 2.45) is 0 Å². The average Bonchev–Trinajstić information content (AvgIpc) is 2.56. The van der Waals surface area contributed by atoms with E-state index in [1.165, 1.54) is 16.3 Å². The fourth-order valence-corrected chi connectivity index (χ4v) is 3.32. The largest absolute Gasteiger partial charge is 0.268 e. The first-order valence-corrected chi connectivity index (χ1v) is 8.57. The van der Waals surface area contributed by atoms with Crippen molar-refractivity contribution >= 4 is 45.9 Å². The molecule has 0 fully saturated rings. The van der Waals surface area contributed by atoms with Crippen molar-refractivity contribution in [2.45, 2.75) is 5.16 Å². The summed E-state index contributed by atoms with van der Waals surface area (Å²) in [5, 5.41) is 2.03. The van der Waals surface area contributed by atoms with Gasteiger partial charge in [0.15, 0.2) is 5.16 Å². The smallest absolute Gasteiger partial charge is 0.266 e. The van der Waals surface area contributed by atoms with Crippen LogP contribution in [-0.4, -0.2) is 15.3 Å². The van der Waals surface area contributed by atoms with Gasteiger partial charge < -0.3 is 0 Å². The van der Waals surface area contributed by atoms with E-state index in [1.54, 1.807) is 30.3 Å². The van der Waals surface area contributed by atoms with E-state index in [2.05, 4.69) is 11.6 Å². The second-order valence-corrected chi connectivity index (χ2v) is 6.58. The summed E-state index contributed by atoms with van der Waals surface area (Å²) in [6, 6.07) is 12.3. The summed E-state index contributed by atoms with van der Waals surface area (Å²) in [7, 11) is 0. The summed E-state index contributed by atoms with van der Waals surface area (Å²) in [5.74, 6) is 0.628. The lowest BCUT2D eigenvalue weighted by atomic mass is 10.2. The lowest BCUT2D eigenvalue weighted by Crippen LogP contribution is -2.22. The van der Waals surface area contributed by atoms with Crippen molar-refractivity contribution in [1.82, 2.24) is 9.55 Å². The predicted octanol–water partition coefficient (Wildman–Crippen LogP) is 4.97. The summed E-state index contributed by atoms with van der Waals surface area (Å²) in [6.45, 7) is 3.71. The van der Waals surface area contributed by atoms with Crippen LogP contribution in [0.25, 0.3) is 16.6 Å². The third-order valence-corrected chi connectivity index (χ3v) is 4.71. The average molecular weight is 363 g/mol. The van der Waals surface area contributed by atoms with Gasteiger partial charge in [0.2, 0.25) is 0 Å². The quantitative estimate of drug-likeness (QED) is 0.373. The first kappa shape index (κ1) is 16.1. The number of fused-ring (bicyclic) bond motifs is 1. The molecule has 3 nitrogen and oxygen atoms in total. The number of benzene rings is 2. The first-order chi connectivity index (χ1) is 11.1. The van der Waals surface area contributed by atoms with Crippen LogP contribution in [0.15, 0.2) is 65.1 Å². The monoisotopic (exact) mass is 362 g/mol. The summed E-state index contributed by atoms with van der Waals surface area (Å²) >= 11 is 13.8. The van der Waals surface area contributed by atoms with Gasteiger partial charge in [0.05, 0.1) is 21.6 Å². The van der Waals surface area contributed by atoms with Crippen molar-refractivity contribution in [2.75, 3.05) is 5.75 Å². The molecule has 0 spiro atoms. The molecule has 3 rings (SSSR count). The lowest BCUT2D eigenvalue weighted by Gasteiger charge is -2.14. The van der Waals surface area contributed by atoms with E-state index in [1.807, 2.05) is 18.2 Å². The Morgan fingerprint density at radius 1 is 1.22 bits per heavy atom. The first-order valence-electron chi connectivity index (χ1n) is 6.82. The maximum Gasteiger partial charge on any atom is 0.266 e. The highest BCUT2D eigenvalue weighted by Crippen LogP contribution is 2.28. The van der Waals surface area contributed by atoms with Crippen LogP contribution in [-0.2, 0) is 0 Å². The Morgan fingerprint density at radius 2 is 2.00 bits per heavy atom. The number of nitrogens with zero attached hydrogens (tertiary/aromatic N) is 2. The number of hydrogen-bond acceptors (Lipinski definition) is 3. The molecule has 0 saturated carbocycles. The molecule has 0 N–H and O–H groups in total. The van der Waals surface area contributed by atoms with Crippen molar-refractivity contribution in [3.8, 4) is 5.69 Å². The van der Waals surface area contributed by atoms with Crippen LogP contribution in [0.4, 0.5) is 0 Å². The van der Waals surface area contributed by atoms with Crippen LogP contribution < -0.4 is 5.56 Å². The van der Waals surface area contributed by atoms with Crippen molar-refractivity contribution in [3.05, 3.63) is 75.5 Å². The van der Waals surface area contributed by atoms with Gasteiger partial charge in [0.25, 0.3) is 5.56 Å². The summed E-state index contributed by atoms with van der Waals surface area (Å²) < 4.78 is 1.50. The van der Waals surface area contributed by atoms with Crippen molar-refractivity contribution in [1.29, 1.82) is 0 Å². The van der Waals surface area contributed by atoms with E-state index in [9.17, 15) is 4.79 Å². The molecule has 6 heteroatoms. The standard InChI is InChI=1S/C17H12Cl2N2OS/c1-2-9-23-17-20-14-6-4-3-5-12(14)16(22)21(17)15-10-11(18)7-8-13(15)19/h2-8,10H,1,9H2. The van der Waals surface area contributed by atoms with Crippen LogP contribution in [0.2, 0.25) is 10.0 Å². The molecule has 23 heavy (non-hydrogen) atoms. The Bertz CT molecular complexity index is 953. The number of hydrogen-bond donors (Lipinski definition) is 0. The molecule has 0 radical (unpaired) electrons. The third kappa shape index (κ3) is 3.15. The predicted molar refractivity (Wildman–Crippen MR) is 98.3 cm³/mol. The normalized spacial score (nSPS) is 10.9. The van der Waals surface area contributed by atoms with Gasteiger partial charge in [-0.15, -0.1) is 6.58 Å². The molecule has 3 aromatic rings. The van der Waals surface area contributed by atoms with Gasteiger partial charge in [-0.1, -0.05) is 53.2 Å². The molecule has 0 aliphatic carbocycles. The Balaban J connectivity index is 2.36. The molecule has 0 aliphatic rings. The zero-order valence-electron chi connectivity index (χ0n) is 12.0. The topological polar surface area (TPSA) is 34.9 Å². The molecule has 0 unspecified atom stereocenters. The minimum atomic E-state index is -0.175. The second kappa shape index (κ2) is 6.79. The van der Waals surface area contributed by atoms with E-state index in [4.69, 9.17) is 23.2 Å². The van der Waals surface area contributed by atoms with Gasteiger partial charge >= 0.3 is 0 Å². The van der Waals surface area contributed by atoms with E-state index < -0.39 is 0 Å². The number of halogens is 2. The van der Waals surface area contributed by atoms with Gasteiger partial charge in [0, 0.05) is 10.8 Å². The SMILES string of the molecule is C=CCSc1nc2ccccc2c(=O)n1-c1cc(Cl)ccc1Cl. The molecule has 0 saturated heterocycles. The molecular formula is C17H12Cl2N2OS. The Labute approximate surface area is 147 Å². The highest BCUT2D eigenvalue weighted by molar-refractivity contribution is 7.99. The van der Waals surface area contributed by atoms with Gasteiger partial charge in [-0.25, -0.2) is 4.98 Å². The molecule has 1 aromatic heterocycles. The number of para-hydroxylation sites is 1. The number of thioether (sulfide) groups is 1. The van der Waals surface area contributed by atoms with Gasteiger partial charge in [-0.3, -0.25) is 9.36 Å². The van der Waals surface area contributed by atoms with E-state index in [0.717, 1.165) is 0 Å². The van der Waals surface area contributed by atoms with Crippen LogP contribution in [0, 0.1) is 0 Å². The Morgan fingerprint density at radius 3 is 2.78 bits per heavy atom. The molecule has 0 aliphatic heterocycles. The molecule has 0 bridgehead atoms. The highest BCUT2D eigenvalue weighted by Gasteiger charge is 2.15. The third-order valence-electron chi connectivity index (χ3n) is 3.22. The van der Waals surface area contributed by atoms with E-state index >= 15 is 0 Å². The van der Waals surface area contributed by atoms with Crippen molar-refractivity contribution < 1.29 is 0 Å².